The molecule has 0 saturated carbocycles. The second kappa shape index (κ2) is 11.7. The van der Waals surface area contributed by atoms with Crippen molar-refractivity contribution in [2.45, 2.75) is 20.1 Å². The number of nitrogens with two attached hydrogens (primary N) is 1. The maximum absolute atomic E-state index is 13.2. The molecule has 0 fully saturated rings. The van der Waals surface area contributed by atoms with Crippen LogP contribution < -0.4 is 25.8 Å². The minimum absolute atomic E-state index is 0.0550. The number of carbonyl (C=O) groups excluding carboxylic acids is 1. The number of benzene rings is 2. The highest BCUT2D eigenvalue weighted by atomic mass is 35.5. The number of halogens is 3. The van der Waals surface area contributed by atoms with Crippen molar-refractivity contribution in [1.82, 2.24) is 20.9 Å². The molecule has 0 bridgehead atoms. The molecule has 3 rings (SSSR count). The smallest absolute Gasteiger partial charge is 0.277 e. The van der Waals surface area contributed by atoms with Crippen LogP contribution in [0.25, 0.3) is 0 Å². The number of nitrogen functional groups attached to an aromatic ring is 1. The second-order valence-corrected chi connectivity index (χ2v) is 7.61. The summed E-state index contributed by atoms with van der Waals surface area (Å²) in [6, 6.07) is 7.64. The normalized spacial score (nSPS) is 10.8. The molecule has 0 aliphatic rings. The monoisotopic (exact) mass is 497 g/mol. The van der Waals surface area contributed by atoms with E-state index in [0.29, 0.717) is 48.3 Å². The molecule has 0 atom stereocenters. The second-order valence-electron chi connectivity index (χ2n) is 6.79. The number of rotatable bonds is 11. The Morgan fingerprint density at radius 2 is 1.97 bits per heavy atom. The lowest BCUT2D eigenvalue weighted by Crippen LogP contribution is -2.32. The Morgan fingerprint density at radius 3 is 2.67 bits per heavy atom. The molecule has 12 heteroatoms. The number of amides is 1. The van der Waals surface area contributed by atoms with E-state index < -0.39 is 11.7 Å². The van der Waals surface area contributed by atoms with Gasteiger partial charge in [0.2, 0.25) is 11.5 Å². The molecule has 2 aromatic carbocycles. The van der Waals surface area contributed by atoms with Crippen molar-refractivity contribution >= 4 is 34.9 Å². The number of nitrogens with one attached hydrogen (secondary N) is 2. The van der Waals surface area contributed by atoms with Gasteiger partial charge in [0.1, 0.15) is 12.4 Å². The van der Waals surface area contributed by atoms with Crippen LogP contribution >= 0.6 is 23.2 Å². The summed E-state index contributed by atoms with van der Waals surface area (Å²) in [7, 11) is 0. The van der Waals surface area contributed by atoms with Crippen molar-refractivity contribution < 1.29 is 23.3 Å². The van der Waals surface area contributed by atoms with Crippen LogP contribution in [0.5, 0.6) is 11.5 Å². The van der Waals surface area contributed by atoms with Gasteiger partial charge < -0.3 is 25.8 Å². The molecule has 4 N–H and O–H groups in total. The fraction of sp³-hybridized carbons (Fsp3) is 0.286. The number of hydrogen-bond acceptors (Lipinski definition) is 8. The minimum atomic E-state index is -0.472. The van der Waals surface area contributed by atoms with Crippen LogP contribution in [0.1, 0.15) is 28.5 Å². The highest BCUT2D eigenvalue weighted by Gasteiger charge is 2.16. The molecule has 1 amide bonds. The summed E-state index contributed by atoms with van der Waals surface area (Å²) in [5.74, 6) is -0.119. The summed E-state index contributed by atoms with van der Waals surface area (Å²) >= 11 is 12.5. The lowest BCUT2D eigenvalue weighted by Gasteiger charge is -2.16. The van der Waals surface area contributed by atoms with Crippen molar-refractivity contribution in [2.75, 3.05) is 25.4 Å². The van der Waals surface area contributed by atoms with Gasteiger partial charge in [-0.2, -0.15) is 0 Å². The van der Waals surface area contributed by atoms with Crippen LogP contribution in [0.2, 0.25) is 10.0 Å². The average molecular weight is 498 g/mol. The van der Waals surface area contributed by atoms with Crippen LogP contribution in [0.3, 0.4) is 0 Å². The Morgan fingerprint density at radius 1 is 1.15 bits per heavy atom. The number of anilines is 1. The zero-order chi connectivity index (χ0) is 23.8. The van der Waals surface area contributed by atoms with Crippen molar-refractivity contribution in [1.29, 1.82) is 0 Å². The molecule has 1 aromatic heterocycles. The van der Waals surface area contributed by atoms with Gasteiger partial charge >= 0.3 is 0 Å². The third-order valence-corrected chi connectivity index (χ3v) is 5.03. The number of aromatic nitrogens is 2. The molecule has 3 aromatic rings. The van der Waals surface area contributed by atoms with E-state index in [1.54, 1.807) is 12.1 Å². The first-order valence-corrected chi connectivity index (χ1v) is 10.7. The van der Waals surface area contributed by atoms with Crippen LogP contribution in [0, 0.1) is 5.82 Å². The lowest BCUT2D eigenvalue weighted by molar-refractivity contribution is 0.0944. The molecule has 0 radical (unpaired) electrons. The van der Waals surface area contributed by atoms with Gasteiger partial charge in [-0.3, -0.25) is 4.79 Å². The molecule has 0 unspecified atom stereocenters. The Kier molecular flexibility index (Phi) is 8.70. The van der Waals surface area contributed by atoms with E-state index >= 15 is 0 Å². The zero-order valence-electron chi connectivity index (χ0n) is 17.7. The van der Waals surface area contributed by atoms with Gasteiger partial charge in [0, 0.05) is 25.2 Å². The quantitative estimate of drug-likeness (QED) is 0.343. The van der Waals surface area contributed by atoms with E-state index in [2.05, 4.69) is 25.6 Å². The van der Waals surface area contributed by atoms with Crippen molar-refractivity contribution in [3.8, 4) is 11.5 Å². The fourth-order valence-electron chi connectivity index (χ4n) is 2.85. The molecular weight excluding hydrogens is 476 g/mol. The summed E-state index contributed by atoms with van der Waals surface area (Å²) in [6.45, 7) is 3.62. The van der Waals surface area contributed by atoms with Crippen molar-refractivity contribution in [2.24, 2.45) is 0 Å². The van der Waals surface area contributed by atoms with E-state index in [9.17, 15) is 9.18 Å². The third kappa shape index (κ3) is 6.70. The maximum Gasteiger partial charge on any atom is 0.277 e. The molecule has 0 aliphatic carbocycles. The van der Waals surface area contributed by atoms with Gasteiger partial charge in [0.15, 0.2) is 11.5 Å². The predicted octanol–water partition coefficient (Wildman–Crippen LogP) is 3.60. The Labute approximate surface area is 199 Å². The van der Waals surface area contributed by atoms with Gasteiger partial charge in [-0.05, 0) is 47.1 Å². The topological polar surface area (TPSA) is 125 Å². The van der Waals surface area contributed by atoms with Gasteiger partial charge in [-0.15, -0.1) is 0 Å². The number of hydrogen-bond donors (Lipinski definition) is 3. The summed E-state index contributed by atoms with van der Waals surface area (Å²) in [5.41, 5.74) is 6.90. The first-order valence-electron chi connectivity index (χ1n) is 9.98. The molecule has 9 nitrogen and oxygen atoms in total. The Hall–Kier alpha value is -3.08. The van der Waals surface area contributed by atoms with Crippen molar-refractivity contribution in [3.63, 3.8) is 0 Å². The third-order valence-electron chi connectivity index (χ3n) is 4.40. The standard InChI is InChI=1S/C21H22Cl2FN5O4/c1-2-31-17-8-12(10-26-5-6-27-21(30)18-20(25)29-33-28-18)7-16(23)19(17)32-11-13-3-4-14(24)9-15(13)22/h3-4,7-9,26H,2,5-6,10-11H2,1H3,(H2,25,29)(H,27,30). The van der Waals surface area contributed by atoms with Crippen molar-refractivity contribution in [3.05, 3.63) is 63.0 Å². The molecule has 0 aliphatic heterocycles. The highest BCUT2D eigenvalue weighted by molar-refractivity contribution is 6.32. The first kappa shape index (κ1) is 24.6. The molecular formula is C21H22Cl2FN5O4. The average Bonchev–Trinajstić information content (AvgIpc) is 3.20. The van der Waals surface area contributed by atoms with Gasteiger partial charge in [0.25, 0.3) is 5.91 Å². The van der Waals surface area contributed by atoms with E-state index in [4.69, 9.17) is 38.4 Å². The maximum atomic E-state index is 13.2. The zero-order valence-corrected chi connectivity index (χ0v) is 19.2. The van der Waals surface area contributed by atoms with Crippen LogP contribution in [-0.2, 0) is 13.2 Å². The summed E-state index contributed by atoms with van der Waals surface area (Å²) in [5, 5.41) is 13.3. The number of ether oxygens (including phenoxy) is 2. The summed E-state index contributed by atoms with van der Waals surface area (Å²) in [4.78, 5) is 11.9. The minimum Gasteiger partial charge on any atom is -0.490 e. The molecule has 176 valence electrons. The molecule has 0 spiro atoms. The number of nitrogens with zero attached hydrogens (tertiary/aromatic N) is 2. The SMILES string of the molecule is CCOc1cc(CNCCNC(=O)c2nonc2N)cc(Cl)c1OCc1ccc(F)cc1Cl. The Bertz CT molecular complexity index is 1110. The van der Waals surface area contributed by atoms with E-state index in [0.717, 1.165) is 5.56 Å². The predicted molar refractivity (Wildman–Crippen MR) is 121 cm³/mol. The molecule has 1 heterocycles. The van der Waals surface area contributed by atoms with E-state index in [1.807, 2.05) is 13.0 Å². The molecule has 0 saturated heterocycles. The summed E-state index contributed by atoms with van der Waals surface area (Å²) < 4.78 is 29.2. The van der Waals surface area contributed by atoms with Crippen LogP contribution in [0.4, 0.5) is 10.2 Å². The fourth-order valence-corrected chi connectivity index (χ4v) is 3.36. The first-order chi connectivity index (χ1) is 15.9. The van der Waals surface area contributed by atoms with Crippen LogP contribution in [-0.4, -0.2) is 35.9 Å². The van der Waals surface area contributed by atoms with Gasteiger partial charge in [0.05, 0.1) is 16.7 Å². The summed E-state index contributed by atoms with van der Waals surface area (Å²) in [6.07, 6.45) is 0. The highest BCUT2D eigenvalue weighted by Crippen LogP contribution is 2.37. The lowest BCUT2D eigenvalue weighted by atomic mass is 10.2. The molecule has 33 heavy (non-hydrogen) atoms. The van der Waals surface area contributed by atoms with E-state index in [-0.39, 0.29) is 23.1 Å². The van der Waals surface area contributed by atoms with Gasteiger partial charge in [-0.25, -0.2) is 9.02 Å². The van der Waals surface area contributed by atoms with E-state index in [1.165, 1.54) is 12.1 Å². The largest absolute Gasteiger partial charge is 0.490 e. The van der Waals surface area contributed by atoms with Crippen LogP contribution in [0.15, 0.2) is 35.0 Å². The van der Waals surface area contributed by atoms with Gasteiger partial charge in [-0.1, -0.05) is 29.3 Å². The number of carbonyl (C=O) groups is 1. The Balaban J connectivity index is 1.56.